The molecule has 0 unspecified atom stereocenters. The summed E-state index contributed by atoms with van der Waals surface area (Å²) < 4.78 is 4.32. The van der Waals surface area contributed by atoms with E-state index < -0.39 is 0 Å². The predicted octanol–water partition coefficient (Wildman–Crippen LogP) is 2.65. The van der Waals surface area contributed by atoms with Crippen molar-refractivity contribution in [2.24, 2.45) is 0 Å². The van der Waals surface area contributed by atoms with Crippen LogP contribution in [-0.2, 0) is 0 Å². The Bertz CT molecular complexity index is 885. The van der Waals surface area contributed by atoms with Gasteiger partial charge in [0.25, 0.3) is 0 Å². The number of aryl methyl sites for hydroxylation is 1. The van der Waals surface area contributed by atoms with Crippen LogP contribution in [0.5, 0.6) is 0 Å². The zero-order valence-corrected chi connectivity index (χ0v) is 14.2. The number of hydrogen-bond acceptors (Lipinski definition) is 8. The van der Waals surface area contributed by atoms with Crippen LogP contribution < -0.4 is 9.80 Å². The van der Waals surface area contributed by atoms with Crippen LogP contribution in [0.4, 0.5) is 10.8 Å². The van der Waals surface area contributed by atoms with Gasteiger partial charge in [-0.15, -0.1) is 11.3 Å². The Labute approximate surface area is 141 Å². The molecule has 0 radical (unpaired) electrons. The topological polar surface area (TPSA) is 68.9 Å². The van der Waals surface area contributed by atoms with Crippen LogP contribution in [0, 0.1) is 18.3 Å². The van der Waals surface area contributed by atoms with E-state index in [1.807, 2.05) is 6.92 Å². The van der Waals surface area contributed by atoms with E-state index in [2.05, 4.69) is 41.7 Å². The van der Waals surface area contributed by atoms with E-state index in [0.717, 1.165) is 52.9 Å². The van der Waals surface area contributed by atoms with Crippen molar-refractivity contribution >= 4 is 43.9 Å². The maximum atomic E-state index is 9.31. The van der Waals surface area contributed by atoms with Crippen molar-refractivity contribution in [2.75, 3.05) is 36.0 Å². The first kappa shape index (κ1) is 14.4. The summed E-state index contributed by atoms with van der Waals surface area (Å²) in [4.78, 5) is 14.4. The highest BCUT2D eigenvalue weighted by Crippen LogP contribution is 2.31. The highest BCUT2D eigenvalue weighted by molar-refractivity contribution is 7.16. The fourth-order valence-corrected chi connectivity index (χ4v) is 4.48. The molecule has 1 saturated heterocycles. The third-order valence-corrected chi connectivity index (χ3v) is 5.88. The van der Waals surface area contributed by atoms with Crippen molar-refractivity contribution in [1.82, 2.24) is 14.3 Å². The molecular formula is C15H14N6S2. The normalized spacial score (nSPS) is 15.1. The number of anilines is 2. The standard InChI is InChI=1S/C15H14N6S2/c1-10-12(8-16)15(23-19-10)21-5-3-20(4-6-21)13-11-2-7-22-14(11)18-9-17-13/h2,7,9H,3-6H2,1H3. The van der Waals surface area contributed by atoms with E-state index in [-0.39, 0.29) is 0 Å². The summed E-state index contributed by atoms with van der Waals surface area (Å²) >= 11 is 3.06. The maximum absolute atomic E-state index is 9.31. The van der Waals surface area contributed by atoms with E-state index in [1.165, 1.54) is 11.5 Å². The van der Waals surface area contributed by atoms with Gasteiger partial charge in [-0.05, 0) is 29.9 Å². The average molecular weight is 342 g/mol. The van der Waals surface area contributed by atoms with Crippen molar-refractivity contribution < 1.29 is 0 Å². The first-order chi connectivity index (χ1) is 11.3. The summed E-state index contributed by atoms with van der Waals surface area (Å²) in [6, 6.07) is 4.36. The van der Waals surface area contributed by atoms with Gasteiger partial charge in [0, 0.05) is 26.2 Å². The lowest BCUT2D eigenvalue weighted by molar-refractivity contribution is 0.652. The van der Waals surface area contributed by atoms with E-state index in [9.17, 15) is 5.26 Å². The van der Waals surface area contributed by atoms with Crippen LogP contribution in [0.3, 0.4) is 0 Å². The lowest BCUT2D eigenvalue weighted by Crippen LogP contribution is -2.46. The highest BCUT2D eigenvalue weighted by Gasteiger charge is 2.24. The summed E-state index contributed by atoms with van der Waals surface area (Å²) in [7, 11) is 0. The third kappa shape index (κ3) is 2.42. The molecule has 0 atom stereocenters. The minimum absolute atomic E-state index is 0.714. The first-order valence-electron chi connectivity index (χ1n) is 7.32. The Kier molecular flexibility index (Phi) is 3.59. The molecule has 116 valence electrons. The van der Waals surface area contributed by atoms with Crippen molar-refractivity contribution in [1.29, 1.82) is 5.26 Å². The first-order valence-corrected chi connectivity index (χ1v) is 8.97. The molecule has 6 nitrogen and oxygen atoms in total. The van der Waals surface area contributed by atoms with Crippen molar-refractivity contribution in [3.63, 3.8) is 0 Å². The zero-order valence-electron chi connectivity index (χ0n) is 12.6. The van der Waals surface area contributed by atoms with Crippen LogP contribution >= 0.6 is 22.9 Å². The number of rotatable bonds is 2. The molecule has 8 heteroatoms. The van der Waals surface area contributed by atoms with Crippen LogP contribution in [0.1, 0.15) is 11.3 Å². The quantitative estimate of drug-likeness (QED) is 0.713. The number of fused-ring (bicyclic) bond motifs is 1. The molecule has 0 bridgehead atoms. The fraction of sp³-hybridized carbons (Fsp3) is 0.333. The van der Waals surface area contributed by atoms with Crippen LogP contribution in [0.2, 0.25) is 0 Å². The van der Waals surface area contributed by atoms with Gasteiger partial charge in [-0.3, -0.25) is 0 Å². The second kappa shape index (κ2) is 5.76. The second-order valence-electron chi connectivity index (χ2n) is 5.37. The van der Waals surface area contributed by atoms with Crippen LogP contribution in [0.15, 0.2) is 17.8 Å². The number of nitrogens with zero attached hydrogens (tertiary/aromatic N) is 6. The fourth-order valence-electron chi connectivity index (χ4n) is 2.85. The third-order valence-electron chi connectivity index (χ3n) is 4.06. The Balaban J connectivity index is 1.55. The van der Waals surface area contributed by atoms with Gasteiger partial charge in [0.05, 0.1) is 11.1 Å². The molecule has 0 spiro atoms. The summed E-state index contributed by atoms with van der Waals surface area (Å²) in [5.41, 5.74) is 1.54. The Morgan fingerprint density at radius 1 is 1.17 bits per heavy atom. The molecule has 1 aliphatic heterocycles. The molecule has 0 aliphatic carbocycles. The monoisotopic (exact) mass is 342 g/mol. The molecular weight excluding hydrogens is 328 g/mol. The molecule has 3 aromatic rings. The van der Waals surface area contributed by atoms with Gasteiger partial charge >= 0.3 is 0 Å². The molecule has 0 amide bonds. The number of hydrogen-bond donors (Lipinski definition) is 0. The molecule has 0 saturated carbocycles. The molecule has 0 aromatic carbocycles. The summed E-state index contributed by atoms with van der Waals surface area (Å²) in [5, 5.41) is 13.5. The minimum Gasteiger partial charge on any atom is -0.358 e. The van der Waals surface area contributed by atoms with Crippen molar-refractivity contribution in [3.8, 4) is 6.07 Å². The van der Waals surface area contributed by atoms with Gasteiger partial charge in [-0.1, -0.05) is 0 Å². The molecule has 23 heavy (non-hydrogen) atoms. The summed E-state index contributed by atoms with van der Waals surface area (Å²) in [6.07, 6.45) is 1.64. The Morgan fingerprint density at radius 2 is 1.96 bits per heavy atom. The smallest absolute Gasteiger partial charge is 0.140 e. The van der Waals surface area contributed by atoms with Gasteiger partial charge in [-0.25, -0.2) is 9.97 Å². The number of nitriles is 1. The van der Waals surface area contributed by atoms with Gasteiger partial charge < -0.3 is 9.80 Å². The lowest BCUT2D eigenvalue weighted by atomic mass is 10.2. The number of aromatic nitrogens is 3. The van der Waals surface area contributed by atoms with Crippen molar-refractivity contribution in [3.05, 3.63) is 29.0 Å². The molecule has 4 heterocycles. The lowest BCUT2D eigenvalue weighted by Gasteiger charge is -2.36. The molecule has 4 rings (SSSR count). The van der Waals surface area contributed by atoms with Crippen LogP contribution in [0.25, 0.3) is 10.2 Å². The molecule has 1 aliphatic rings. The zero-order chi connectivity index (χ0) is 15.8. The highest BCUT2D eigenvalue weighted by atomic mass is 32.1. The SMILES string of the molecule is Cc1nsc(N2CCN(c3ncnc4sccc34)CC2)c1C#N. The van der Waals surface area contributed by atoms with E-state index in [0.29, 0.717) is 5.56 Å². The van der Waals surface area contributed by atoms with E-state index >= 15 is 0 Å². The van der Waals surface area contributed by atoms with Crippen LogP contribution in [-0.4, -0.2) is 40.5 Å². The van der Waals surface area contributed by atoms with Gasteiger partial charge in [-0.2, -0.15) is 9.64 Å². The minimum atomic E-state index is 0.714. The molecule has 3 aromatic heterocycles. The maximum Gasteiger partial charge on any atom is 0.140 e. The molecule has 0 N–H and O–H groups in total. The van der Waals surface area contributed by atoms with Gasteiger partial charge in [0.15, 0.2) is 0 Å². The number of thiophene rings is 1. The molecule has 1 fully saturated rings. The second-order valence-corrected chi connectivity index (χ2v) is 7.02. The van der Waals surface area contributed by atoms with Gasteiger partial charge in [0.1, 0.15) is 33.6 Å². The Morgan fingerprint density at radius 3 is 2.74 bits per heavy atom. The van der Waals surface area contributed by atoms with E-state index in [4.69, 9.17) is 0 Å². The van der Waals surface area contributed by atoms with Crippen molar-refractivity contribution in [2.45, 2.75) is 6.92 Å². The Hall–Kier alpha value is -2.24. The predicted molar refractivity (Wildman–Crippen MR) is 93.4 cm³/mol. The van der Waals surface area contributed by atoms with Gasteiger partial charge in [0.2, 0.25) is 0 Å². The summed E-state index contributed by atoms with van der Waals surface area (Å²) in [6.45, 7) is 5.38. The average Bonchev–Trinajstić information content (AvgIpc) is 3.20. The number of piperazine rings is 1. The van der Waals surface area contributed by atoms with E-state index in [1.54, 1.807) is 17.7 Å². The largest absolute Gasteiger partial charge is 0.358 e. The summed E-state index contributed by atoms with van der Waals surface area (Å²) in [5.74, 6) is 1.01.